The van der Waals surface area contributed by atoms with Crippen LogP contribution < -0.4 is 11.1 Å². The van der Waals surface area contributed by atoms with Crippen molar-refractivity contribution in [3.63, 3.8) is 0 Å². The highest BCUT2D eigenvalue weighted by molar-refractivity contribution is 6.30. The molecule has 2 heterocycles. The summed E-state index contributed by atoms with van der Waals surface area (Å²) in [4.78, 5) is 4.26. The molecule has 0 spiro atoms. The van der Waals surface area contributed by atoms with Crippen LogP contribution in [0.5, 0.6) is 0 Å². The molecule has 1 aliphatic heterocycles. The molecule has 0 amide bonds. The lowest BCUT2D eigenvalue weighted by molar-refractivity contribution is 0.431. The number of hydrogen-bond donors (Lipinski definition) is 2. The van der Waals surface area contributed by atoms with E-state index in [0.29, 0.717) is 11.0 Å². The number of fused-ring (bicyclic) bond motifs is 1. The second kappa shape index (κ2) is 5.79. The summed E-state index contributed by atoms with van der Waals surface area (Å²) in [5.41, 5.74) is 7.82. The standard InChI is InChI=1S/C17H15ClFN5/c18-12-5-1-10(2-6-12)14-9-15(11-3-7-13(19)8-4-11)24-17(21-14)22-16(20)23-24/h1-8,14-15H,9H2,(H3,20,21,22,23). The first-order valence-electron chi connectivity index (χ1n) is 7.59. The fraction of sp³-hybridized carbons (Fsp3) is 0.176. The summed E-state index contributed by atoms with van der Waals surface area (Å²) in [7, 11) is 0. The minimum absolute atomic E-state index is 0.0356. The molecule has 2 atom stereocenters. The molecule has 3 N–H and O–H groups in total. The molecular formula is C17H15ClFN5. The molecule has 0 bridgehead atoms. The van der Waals surface area contributed by atoms with Crippen LogP contribution in [0.1, 0.15) is 29.6 Å². The van der Waals surface area contributed by atoms with Crippen LogP contribution in [0.4, 0.5) is 16.3 Å². The number of halogens is 2. The minimum Gasteiger partial charge on any atom is -0.366 e. The van der Waals surface area contributed by atoms with Crippen LogP contribution in [0.2, 0.25) is 5.02 Å². The van der Waals surface area contributed by atoms with Gasteiger partial charge in [-0.2, -0.15) is 4.98 Å². The van der Waals surface area contributed by atoms with Crippen molar-refractivity contribution in [1.82, 2.24) is 14.8 Å². The lowest BCUT2D eigenvalue weighted by Crippen LogP contribution is -2.28. The topological polar surface area (TPSA) is 68.8 Å². The van der Waals surface area contributed by atoms with E-state index in [2.05, 4.69) is 15.4 Å². The van der Waals surface area contributed by atoms with Crippen molar-refractivity contribution in [2.24, 2.45) is 0 Å². The predicted octanol–water partition coefficient (Wildman–Crippen LogP) is 3.80. The van der Waals surface area contributed by atoms with Crippen molar-refractivity contribution in [2.75, 3.05) is 11.1 Å². The van der Waals surface area contributed by atoms with E-state index in [4.69, 9.17) is 17.3 Å². The van der Waals surface area contributed by atoms with E-state index in [1.165, 1.54) is 12.1 Å². The van der Waals surface area contributed by atoms with Crippen LogP contribution in [0.3, 0.4) is 0 Å². The highest BCUT2D eigenvalue weighted by Gasteiger charge is 2.30. The Kier molecular flexibility index (Phi) is 3.61. The molecule has 2 aromatic carbocycles. The molecule has 2 unspecified atom stereocenters. The van der Waals surface area contributed by atoms with E-state index in [0.717, 1.165) is 17.5 Å². The number of aromatic nitrogens is 3. The molecule has 1 aromatic heterocycles. The Morgan fingerprint density at radius 1 is 1.08 bits per heavy atom. The highest BCUT2D eigenvalue weighted by atomic mass is 35.5. The van der Waals surface area contributed by atoms with Crippen molar-refractivity contribution in [2.45, 2.75) is 18.5 Å². The molecular weight excluding hydrogens is 329 g/mol. The van der Waals surface area contributed by atoms with Gasteiger partial charge < -0.3 is 11.1 Å². The zero-order chi connectivity index (χ0) is 16.7. The number of nitrogens with one attached hydrogen (secondary N) is 1. The summed E-state index contributed by atoms with van der Waals surface area (Å²) in [5.74, 6) is 0.551. The zero-order valence-corrected chi connectivity index (χ0v) is 13.4. The van der Waals surface area contributed by atoms with Gasteiger partial charge in [0.15, 0.2) is 0 Å². The lowest BCUT2D eigenvalue weighted by atomic mass is 9.93. The third-order valence-electron chi connectivity index (χ3n) is 4.23. The largest absolute Gasteiger partial charge is 0.366 e. The minimum atomic E-state index is -0.264. The fourth-order valence-corrected chi connectivity index (χ4v) is 3.20. The Morgan fingerprint density at radius 2 is 1.75 bits per heavy atom. The van der Waals surface area contributed by atoms with Gasteiger partial charge in [-0.05, 0) is 41.8 Å². The van der Waals surface area contributed by atoms with Crippen LogP contribution in [0, 0.1) is 5.82 Å². The van der Waals surface area contributed by atoms with Gasteiger partial charge in [0.1, 0.15) is 5.82 Å². The SMILES string of the molecule is Nc1nc2n(n1)C(c1ccc(F)cc1)CC(c1ccc(Cl)cc1)N2. The van der Waals surface area contributed by atoms with Gasteiger partial charge in [-0.3, -0.25) is 0 Å². The first kappa shape index (κ1) is 15.0. The quantitative estimate of drug-likeness (QED) is 0.742. The average molecular weight is 344 g/mol. The molecule has 0 radical (unpaired) electrons. The monoisotopic (exact) mass is 343 g/mol. The Labute approximate surface area is 143 Å². The maximum atomic E-state index is 13.3. The molecule has 0 saturated carbocycles. The summed E-state index contributed by atoms with van der Waals surface area (Å²) in [6.45, 7) is 0. The Hall–Kier alpha value is -2.60. The first-order chi connectivity index (χ1) is 11.6. The molecule has 7 heteroatoms. The summed E-state index contributed by atoms with van der Waals surface area (Å²) >= 11 is 5.98. The lowest BCUT2D eigenvalue weighted by Gasteiger charge is -2.31. The van der Waals surface area contributed by atoms with Crippen molar-refractivity contribution in [3.05, 3.63) is 70.5 Å². The highest BCUT2D eigenvalue weighted by Crippen LogP contribution is 2.38. The van der Waals surface area contributed by atoms with Crippen LogP contribution in [-0.2, 0) is 0 Å². The molecule has 0 saturated heterocycles. The Morgan fingerprint density at radius 3 is 2.46 bits per heavy atom. The summed E-state index contributed by atoms with van der Waals surface area (Å²) in [6.07, 6.45) is 0.739. The second-order valence-electron chi connectivity index (χ2n) is 5.79. The molecule has 3 aromatic rings. The number of nitrogens with two attached hydrogens (primary N) is 1. The van der Waals surface area contributed by atoms with E-state index < -0.39 is 0 Å². The van der Waals surface area contributed by atoms with Gasteiger partial charge in [0.25, 0.3) is 0 Å². The number of nitrogen functional groups attached to an aromatic ring is 1. The molecule has 4 rings (SSSR count). The van der Waals surface area contributed by atoms with Crippen LogP contribution >= 0.6 is 11.6 Å². The molecule has 24 heavy (non-hydrogen) atoms. The zero-order valence-electron chi connectivity index (χ0n) is 12.7. The number of rotatable bonds is 2. The smallest absolute Gasteiger partial charge is 0.241 e. The maximum absolute atomic E-state index is 13.3. The second-order valence-corrected chi connectivity index (χ2v) is 6.23. The van der Waals surface area contributed by atoms with Gasteiger partial charge >= 0.3 is 0 Å². The molecule has 0 fully saturated rings. The van der Waals surface area contributed by atoms with Gasteiger partial charge in [-0.1, -0.05) is 35.9 Å². The molecule has 0 aliphatic carbocycles. The third kappa shape index (κ3) is 2.69. The predicted molar refractivity (Wildman–Crippen MR) is 91.4 cm³/mol. The number of hydrogen-bond acceptors (Lipinski definition) is 4. The number of anilines is 2. The van der Waals surface area contributed by atoms with Crippen LogP contribution in [0.15, 0.2) is 48.5 Å². The maximum Gasteiger partial charge on any atom is 0.241 e. The van der Waals surface area contributed by atoms with Crippen molar-refractivity contribution in [1.29, 1.82) is 0 Å². The fourth-order valence-electron chi connectivity index (χ4n) is 3.07. The summed E-state index contributed by atoms with van der Waals surface area (Å²) in [5, 5.41) is 8.33. The molecule has 1 aliphatic rings. The number of benzene rings is 2. The van der Waals surface area contributed by atoms with Crippen molar-refractivity contribution >= 4 is 23.5 Å². The van der Waals surface area contributed by atoms with Crippen LogP contribution in [0.25, 0.3) is 0 Å². The van der Waals surface area contributed by atoms with Gasteiger partial charge in [-0.25, -0.2) is 9.07 Å². The third-order valence-corrected chi connectivity index (χ3v) is 4.48. The van der Waals surface area contributed by atoms with Gasteiger partial charge in [-0.15, -0.1) is 5.10 Å². The summed E-state index contributed by atoms with van der Waals surface area (Å²) < 4.78 is 15.0. The number of nitrogens with zero attached hydrogens (tertiary/aromatic N) is 3. The van der Waals surface area contributed by atoms with E-state index in [1.807, 2.05) is 24.3 Å². The Bertz CT molecular complexity index is 860. The Balaban J connectivity index is 1.74. The van der Waals surface area contributed by atoms with E-state index >= 15 is 0 Å². The average Bonchev–Trinajstić information content (AvgIpc) is 2.95. The van der Waals surface area contributed by atoms with Gasteiger partial charge in [0, 0.05) is 5.02 Å². The normalized spacial score (nSPS) is 19.6. The van der Waals surface area contributed by atoms with E-state index in [1.54, 1.807) is 16.8 Å². The molecule has 122 valence electrons. The summed E-state index contributed by atoms with van der Waals surface area (Å²) in [6, 6.07) is 14.1. The van der Waals surface area contributed by atoms with E-state index in [-0.39, 0.29) is 23.8 Å². The van der Waals surface area contributed by atoms with Gasteiger partial charge in [0.2, 0.25) is 11.9 Å². The van der Waals surface area contributed by atoms with Crippen molar-refractivity contribution in [3.8, 4) is 0 Å². The van der Waals surface area contributed by atoms with Gasteiger partial charge in [0.05, 0.1) is 12.1 Å². The van der Waals surface area contributed by atoms with Crippen LogP contribution in [-0.4, -0.2) is 14.8 Å². The van der Waals surface area contributed by atoms with E-state index in [9.17, 15) is 4.39 Å². The molecule has 5 nitrogen and oxygen atoms in total. The van der Waals surface area contributed by atoms with Crippen molar-refractivity contribution < 1.29 is 4.39 Å². The first-order valence-corrected chi connectivity index (χ1v) is 7.97.